The van der Waals surface area contributed by atoms with Gasteiger partial charge in [0, 0.05) is 31.7 Å². The second-order valence-corrected chi connectivity index (χ2v) is 9.24. The molecule has 0 aliphatic carbocycles. The number of imide groups is 1. The minimum absolute atomic E-state index is 0.0108. The molecule has 178 valence electrons. The molecule has 0 spiro atoms. The van der Waals surface area contributed by atoms with Crippen molar-refractivity contribution in [2.45, 2.75) is 19.1 Å². The molecule has 0 saturated carbocycles. The third-order valence-corrected chi connectivity index (χ3v) is 6.50. The Morgan fingerprint density at radius 3 is 2.65 bits per heavy atom. The molecule has 7 nitrogen and oxygen atoms in total. The average Bonchev–Trinajstić information content (AvgIpc) is 3.08. The monoisotopic (exact) mass is 483 g/mol. The fourth-order valence-electron chi connectivity index (χ4n) is 4.01. The van der Waals surface area contributed by atoms with E-state index < -0.39 is 17.0 Å². The number of hydrogen-bond donors (Lipinski definition) is 1. The van der Waals surface area contributed by atoms with Crippen LogP contribution in [0.2, 0.25) is 0 Å². The Labute approximate surface area is 201 Å². The summed E-state index contributed by atoms with van der Waals surface area (Å²) in [6.07, 6.45) is 1.26. The summed E-state index contributed by atoms with van der Waals surface area (Å²) < 4.78 is 19.9. The van der Waals surface area contributed by atoms with Gasteiger partial charge in [-0.1, -0.05) is 48.5 Å². The fraction of sp³-hybridized carbons (Fsp3) is 0.320. The maximum Gasteiger partial charge on any atom is 0.293 e. The van der Waals surface area contributed by atoms with E-state index in [-0.39, 0.29) is 48.2 Å². The SMILES string of the molecule is CC1CN(CC(=O)NCCN2C(=O)S/C(=C/c3ccccc3F)C2=O)CC(c2ccccc2)O1. The number of morpholine rings is 1. The molecule has 2 saturated heterocycles. The Kier molecular flexibility index (Phi) is 7.77. The van der Waals surface area contributed by atoms with Crippen molar-refractivity contribution in [1.29, 1.82) is 0 Å². The molecule has 2 heterocycles. The molecule has 34 heavy (non-hydrogen) atoms. The standard InChI is InChI=1S/C25H26FN3O4S/c1-17-14-28(15-21(33-17)18-7-3-2-4-8-18)16-23(30)27-11-12-29-24(31)22(34-25(29)32)13-19-9-5-6-10-20(19)26/h2-10,13,17,21H,11-12,14-16H2,1H3,(H,27,30)/b22-13+. The Morgan fingerprint density at radius 2 is 1.88 bits per heavy atom. The van der Waals surface area contributed by atoms with Crippen molar-refractivity contribution in [3.8, 4) is 0 Å². The molecule has 4 rings (SSSR count). The van der Waals surface area contributed by atoms with Gasteiger partial charge in [0.05, 0.1) is 23.7 Å². The molecule has 0 bridgehead atoms. The Morgan fingerprint density at radius 1 is 1.15 bits per heavy atom. The van der Waals surface area contributed by atoms with Gasteiger partial charge in [0.1, 0.15) is 5.82 Å². The molecule has 2 unspecified atom stereocenters. The van der Waals surface area contributed by atoms with Crippen molar-refractivity contribution in [3.05, 3.63) is 76.4 Å². The third-order valence-electron chi connectivity index (χ3n) is 5.60. The van der Waals surface area contributed by atoms with E-state index in [1.165, 1.54) is 12.1 Å². The van der Waals surface area contributed by atoms with Crippen LogP contribution in [0.25, 0.3) is 6.08 Å². The molecule has 2 aromatic rings. The van der Waals surface area contributed by atoms with Crippen LogP contribution in [0.15, 0.2) is 59.5 Å². The quantitative estimate of drug-likeness (QED) is 0.608. The minimum atomic E-state index is -0.486. The molecule has 3 amide bonds. The summed E-state index contributed by atoms with van der Waals surface area (Å²) >= 11 is 0.768. The van der Waals surface area contributed by atoms with E-state index in [2.05, 4.69) is 5.32 Å². The summed E-state index contributed by atoms with van der Waals surface area (Å²) in [4.78, 5) is 40.6. The zero-order chi connectivity index (χ0) is 24.1. The number of thioether (sulfide) groups is 1. The van der Waals surface area contributed by atoms with Crippen molar-refractivity contribution in [1.82, 2.24) is 15.1 Å². The molecule has 1 N–H and O–H groups in total. The summed E-state index contributed by atoms with van der Waals surface area (Å²) in [6.45, 7) is 3.62. The first-order chi connectivity index (χ1) is 16.4. The van der Waals surface area contributed by atoms with E-state index in [9.17, 15) is 18.8 Å². The predicted molar refractivity (Wildman–Crippen MR) is 128 cm³/mol. The van der Waals surface area contributed by atoms with Crippen molar-refractivity contribution in [2.24, 2.45) is 0 Å². The van der Waals surface area contributed by atoms with E-state index in [0.29, 0.717) is 13.1 Å². The summed E-state index contributed by atoms with van der Waals surface area (Å²) in [5.74, 6) is -1.14. The number of carbonyl (C=O) groups excluding carboxylic acids is 3. The van der Waals surface area contributed by atoms with Gasteiger partial charge in [-0.25, -0.2) is 4.39 Å². The number of nitrogens with zero attached hydrogens (tertiary/aromatic N) is 2. The lowest BCUT2D eigenvalue weighted by molar-refractivity contribution is -0.128. The van der Waals surface area contributed by atoms with Gasteiger partial charge >= 0.3 is 0 Å². The topological polar surface area (TPSA) is 79.0 Å². The number of amides is 3. The lowest BCUT2D eigenvalue weighted by Gasteiger charge is -2.36. The van der Waals surface area contributed by atoms with Gasteiger partial charge in [-0.15, -0.1) is 0 Å². The Balaban J connectivity index is 1.27. The summed E-state index contributed by atoms with van der Waals surface area (Å²) in [6, 6.07) is 16.0. The summed E-state index contributed by atoms with van der Waals surface area (Å²) in [5.41, 5.74) is 1.32. The first-order valence-corrected chi connectivity index (χ1v) is 11.9. The van der Waals surface area contributed by atoms with E-state index in [0.717, 1.165) is 22.2 Å². The molecular formula is C25H26FN3O4S. The zero-order valence-electron chi connectivity index (χ0n) is 18.8. The second kappa shape index (κ2) is 10.9. The van der Waals surface area contributed by atoms with Gasteiger partial charge in [-0.3, -0.25) is 24.2 Å². The van der Waals surface area contributed by atoms with Crippen molar-refractivity contribution >= 4 is 34.9 Å². The fourth-order valence-corrected chi connectivity index (χ4v) is 4.87. The van der Waals surface area contributed by atoms with Crippen molar-refractivity contribution in [2.75, 3.05) is 32.7 Å². The number of nitrogens with one attached hydrogen (secondary N) is 1. The molecule has 2 aliphatic heterocycles. The number of rotatable bonds is 7. The molecule has 2 fully saturated rings. The highest BCUT2D eigenvalue weighted by atomic mass is 32.2. The van der Waals surface area contributed by atoms with Crippen LogP contribution in [0, 0.1) is 5.82 Å². The first-order valence-electron chi connectivity index (χ1n) is 11.1. The molecule has 0 radical (unpaired) electrons. The summed E-state index contributed by atoms with van der Waals surface area (Å²) in [5, 5.41) is 2.35. The number of benzene rings is 2. The highest BCUT2D eigenvalue weighted by Gasteiger charge is 2.35. The van der Waals surface area contributed by atoms with Gasteiger partial charge in [-0.05, 0) is 36.4 Å². The molecule has 2 atom stereocenters. The van der Waals surface area contributed by atoms with Crippen molar-refractivity contribution in [3.63, 3.8) is 0 Å². The highest BCUT2D eigenvalue weighted by Crippen LogP contribution is 2.32. The molecule has 9 heteroatoms. The largest absolute Gasteiger partial charge is 0.368 e. The number of hydrogen-bond acceptors (Lipinski definition) is 6. The van der Waals surface area contributed by atoms with Crippen LogP contribution >= 0.6 is 11.8 Å². The minimum Gasteiger partial charge on any atom is -0.368 e. The lowest BCUT2D eigenvalue weighted by Crippen LogP contribution is -2.48. The number of halogens is 1. The average molecular weight is 484 g/mol. The van der Waals surface area contributed by atoms with Crippen LogP contribution in [0.5, 0.6) is 0 Å². The number of carbonyl (C=O) groups is 3. The second-order valence-electron chi connectivity index (χ2n) is 8.24. The van der Waals surface area contributed by atoms with Gasteiger partial charge in [-0.2, -0.15) is 0 Å². The third kappa shape index (κ3) is 5.91. The van der Waals surface area contributed by atoms with E-state index >= 15 is 0 Å². The molecule has 2 aliphatic rings. The summed E-state index contributed by atoms with van der Waals surface area (Å²) in [7, 11) is 0. The van der Waals surface area contributed by atoms with Gasteiger partial charge in [0.25, 0.3) is 11.1 Å². The van der Waals surface area contributed by atoms with E-state index in [4.69, 9.17) is 4.74 Å². The van der Waals surface area contributed by atoms with Crippen LogP contribution in [0.4, 0.5) is 9.18 Å². The van der Waals surface area contributed by atoms with Gasteiger partial charge in [0.2, 0.25) is 5.91 Å². The van der Waals surface area contributed by atoms with Crippen LogP contribution in [0.3, 0.4) is 0 Å². The van der Waals surface area contributed by atoms with Crippen LogP contribution in [-0.4, -0.2) is 65.7 Å². The number of ether oxygens (including phenoxy) is 1. The van der Waals surface area contributed by atoms with Crippen LogP contribution in [-0.2, 0) is 14.3 Å². The maximum atomic E-state index is 13.9. The smallest absolute Gasteiger partial charge is 0.293 e. The van der Waals surface area contributed by atoms with E-state index in [1.807, 2.05) is 42.2 Å². The zero-order valence-corrected chi connectivity index (χ0v) is 19.6. The van der Waals surface area contributed by atoms with Crippen LogP contribution < -0.4 is 5.32 Å². The van der Waals surface area contributed by atoms with Crippen molar-refractivity contribution < 1.29 is 23.5 Å². The molecular weight excluding hydrogens is 457 g/mol. The normalized spacial score (nSPS) is 22.4. The molecule has 0 aromatic heterocycles. The highest BCUT2D eigenvalue weighted by molar-refractivity contribution is 8.18. The van der Waals surface area contributed by atoms with Gasteiger partial charge < -0.3 is 10.1 Å². The van der Waals surface area contributed by atoms with Crippen LogP contribution in [0.1, 0.15) is 24.2 Å². The lowest BCUT2D eigenvalue weighted by atomic mass is 10.1. The molecule has 2 aromatic carbocycles. The maximum absolute atomic E-state index is 13.9. The van der Waals surface area contributed by atoms with Gasteiger partial charge in [0.15, 0.2) is 0 Å². The first kappa shape index (κ1) is 24.1. The Bertz CT molecular complexity index is 1090. The van der Waals surface area contributed by atoms with E-state index in [1.54, 1.807) is 18.2 Å². The Hall–Kier alpha value is -3.01. The predicted octanol–water partition coefficient (Wildman–Crippen LogP) is 3.44.